The Hall–Kier alpha value is -0.650. The quantitative estimate of drug-likeness (QED) is 0.415. The van der Waals surface area contributed by atoms with E-state index in [-0.39, 0.29) is 17.9 Å². The topological polar surface area (TPSA) is 67.6 Å². The molecular weight excluding hydrogens is 218 g/mol. The Kier molecular flexibility index (Phi) is 5.88. The molecule has 1 aliphatic rings. The number of hydrogen-bond acceptors (Lipinski definition) is 4. The van der Waals surface area contributed by atoms with Crippen LogP contribution in [0.1, 0.15) is 26.7 Å². The number of hydrazine groups is 1. The van der Waals surface area contributed by atoms with Crippen LogP contribution in [-0.2, 0) is 9.53 Å². The van der Waals surface area contributed by atoms with E-state index in [1.54, 1.807) is 7.11 Å². The minimum atomic E-state index is -0.0913. The van der Waals surface area contributed by atoms with Crippen LogP contribution in [0.5, 0.6) is 0 Å². The molecule has 0 aliphatic carbocycles. The van der Waals surface area contributed by atoms with Gasteiger partial charge in [-0.2, -0.15) is 0 Å². The largest absolute Gasteiger partial charge is 0.384 e. The molecule has 3 N–H and O–H groups in total. The van der Waals surface area contributed by atoms with E-state index in [1.165, 1.54) is 12.8 Å². The number of hydrogen-bond donors (Lipinski definition) is 2. The smallest absolute Gasteiger partial charge is 0.238 e. The lowest BCUT2D eigenvalue weighted by molar-refractivity contribution is -0.126. The third-order valence-electron chi connectivity index (χ3n) is 3.81. The van der Waals surface area contributed by atoms with Crippen molar-refractivity contribution in [3.63, 3.8) is 0 Å². The van der Waals surface area contributed by atoms with Gasteiger partial charge in [-0.3, -0.25) is 15.1 Å². The molecule has 1 aliphatic heterocycles. The maximum absolute atomic E-state index is 11.5. The molecule has 1 fully saturated rings. The summed E-state index contributed by atoms with van der Waals surface area (Å²) in [5.74, 6) is 5.59. The highest BCUT2D eigenvalue weighted by Crippen LogP contribution is 2.21. The normalized spacial score (nSPS) is 25.3. The molecule has 5 nitrogen and oxygen atoms in total. The summed E-state index contributed by atoms with van der Waals surface area (Å²) in [6, 6.07) is 0.221. The fraction of sp³-hybridized carbons (Fsp3) is 0.917. The van der Waals surface area contributed by atoms with Crippen LogP contribution in [0.3, 0.4) is 0 Å². The van der Waals surface area contributed by atoms with Gasteiger partial charge in [-0.1, -0.05) is 6.92 Å². The number of amides is 1. The molecule has 1 heterocycles. The zero-order valence-corrected chi connectivity index (χ0v) is 11.1. The molecule has 1 rings (SSSR count). The first-order valence-electron chi connectivity index (χ1n) is 6.33. The van der Waals surface area contributed by atoms with Gasteiger partial charge in [0.25, 0.3) is 0 Å². The van der Waals surface area contributed by atoms with E-state index in [4.69, 9.17) is 10.6 Å². The van der Waals surface area contributed by atoms with Crippen molar-refractivity contribution in [2.24, 2.45) is 17.7 Å². The van der Waals surface area contributed by atoms with Crippen LogP contribution >= 0.6 is 0 Å². The molecule has 1 amide bonds. The van der Waals surface area contributed by atoms with Gasteiger partial charge < -0.3 is 4.74 Å². The molecule has 0 spiro atoms. The number of piperidine rings is 1. The Morgan fingerprint density at radius 2 is 2.29 bits per heavy atom. The molecule has 3 unspecified atom stereocenters. The minimum absolute atomic E-state index is 0.0821. The Balaban J connectivity index is 2.50. The minimum Gasteiger partial charge on any atom is -0.384 e. The lowest BCUT2D eigenvalue weighted by Crippen LogP contribution is -2.49. The fourth-order valence-corrected chi connectivity index (χ4v) is 2.51. The van der Waals surface area contributed by atoms with E-state index >= 15 is 0 Å². The highest BCUT2D eigenvalue weighted by molar-refractivity contribution is 5.78. The second kappa shape index (κ2) is 6.93. The highest BCUT2D eigenvalue weighted by Gasteiger charge is 2.29. The zero-order valence-electron chi connectivity index (χ0n) is 11.1. The summed E-state index contributed by atoms with van der Waals surface area (Å²) in [6.07, 6.45) is 2.39. The Labute approximate surface area is 104 Å². The summed E-state index contributed by atoms with van der Waals surface area (Å²) in [6.45, 7) is 6.89. The van der Waals surface area contributed by atoms with Crippen molar-refractivity contribution in [3.8, 4) is 0 Å². The first kappa shape index (κ1) is 14.4. The molecule has 1 saturated heterocycles. The Morgan fingerprint density at radius 3 is 2.88 bits per heavy atom. The molecule has 3 atom stereocenters. The summed E-state index contributed by atoms with van der Waals surface area (Å²) in [5, 5.41) is 0. The van der Waals surface area contributed by atoms with Crippen molar-refractivity contribution >= 4 is 5.91 Å². The van der Waals surface area contributed by atoms with Crippen LogP contribution in [0.4, 0.5) is 0 Å². The fourth-order valence-electron chi connectivity index (χ4n) is 2.51. The molecule has 0 saturated carbocycles. The van der Waals surface area contributed by atoms with Crippen molar-refractivity contribution in [2.75, 3.05) is 26.8 Å². The van der Waals surface area contributed by atoms with E-state index < -0.39 is 0 Å². The highest BCUT2D eigenvalue weighted by atomic mass is 16.5. The van der Waals surface area contributed by atoms with E-state index in [2.05, 4.69) is 17.2 Å². The maximum Gasteiger partial charge on any atom is 0.238 e. The summed E-state index contributed by atoms with van der Waals surface area (Å²) in [7, 11) is 1.74. The van der Waals surface area contributed by atoms with E-state index in [9.17, 15) is 4.79 Å². The number of nitrogens with two attached hydrogens (primary N) is 1. The number of rotatable bonds is 5. The van der Waals surface area contributed by atoms with Crippen molar-refractivity contribution in [3.05, 3.63) is 0 Å². The lowest BCUT2D eigenvalue weighted by atomic mass is 9.94. The average Bonchev–Trinajstić information content (AvgIpc) is 2.36. The van der Waals surface area contributed by atoms with Gasteiger partial charge in [-0.25, -0.2) is 5.84 Å². The van der Waals surface area contributed by atoms with Gasteiger partial charge in [-0.15, -0.1) is 0 Å². The van der Waals surface area contributed by atoms with Crippen LogP contribution in [0.25, 0.3) is 0 Å². The number of likely N-dealkylation sites (tertiary alicyclic amines) is 1. The number of ether oxygens (including phenoxy) is 1. The van der Waals surface area contributed by atoms with Crippen molar-refractivity contribution in [1.82, 2.24) is 10.3 Å². The van der Waals surface area contributed by atoms with Gasteiger partial charge in [0, 0.05) is 19.7 Å². The van der Waals surface area contributed by atoms with E-state index in [0.717, 1.165) is 19.7 Å². The average molecular weight is 243 g/mol. The third-order valence-corrected chi connectivity index (χ3v) is 3.81. The summed E-state index contributed by atoms with van der Waals surface area (Å²) >= 11 is 0. The first-order valence-corrected chi connectivity index (χ1v) is 6.33. The van der Waals surface area contributed by atoms with E-state index in [0.29, 0.717) is 5.92 Å². The van der Waals surface area contributed by atoms with Crippen LogP contribution in [0.15, 0.2) is 0 Å². The van der Waals surface area contributed by atoms with Gasteiger partial charge in [0.15, 0.2) is 0 Å². The van der Waals surface area contributed by atoms with Crippen LogP contribution in [0, 0.1) is 11.8 Å². The molecule has 0 aromatic carbocycles. The first-order chi connectivity index (χ1) is 8.10. The Morgan fingerprint density at radius 1 is 1.59 bits per heavy atom. The van der Waals surface area contributed by atoms with Crippen molar-refractivity contribution in [2.45, 2.75) is 32.7 Å². The number of carbonyl (C=O) groups is 1. The molecule has 5 heteroatoms. The lowest BCUT2D eigenvalue weighted by Gasteiger charge is -2.38. The molecular formula is C12H25N3O2. The number of nitrogens with zero attached hydrogens (tertiary/aromatic N) is 1. The van der Waals surface area contributed by atoms with Gasteiger partial charge >= 0.3 is 0 Å². The van der Waals surface area contributed by atoms with Gasteiger partial charge in [0.1, 0.15) is 0 Å². The number of nitrogens with one attached hydrogen (secondary N) is 1. The third kappa shape index (κ3) is 3.94. The Bertz CT molecular complexity index is 246. The van der Waals surface area contributed by atoms with Crippen molar-refractivity contribution < 1.29 is 9.53 Å². The predicted molar refractivity (Wildman–Crippen MR) is 67.1 cm³/mol. The molecule has 0 radical (unpaired) electrons. The van der Waals surface area contributed by atoms with Crippen LogP contribution < -0.4 is 11.3 Å². The van der Waals surface area contributed by atoms with Crippen molar-refractivity contribution in [1.29, 1.82) is 0 Å². The molecule has 0 aromatic heterocycles. The molecule has 0 bridgehead atoms. The second-order valence-electron chi connectivity index (χ2n) is 5.00. The number of methoxy groups -OCH3 is 1. The van der Waals surface area contributed by atoms with Gasteiger partial charge in [-0.05, 0) is 32.2 Å². The summed E-state index contributed by atoms with van der Waals surface area (Å²) in [4.78, 5) is 13.9. The summed E-state index contributed by atoms with van der Waals surface area (Å²) < 4.78 is 5.21. The standard InChI is InChI=1S/C12H25N3O2/c1-9(12(16)14-13)10(2)15-6-4-5-11(7-15)8-17-3/h9-11H,4-8,13H2,1-3H3,(H,14,16). The second-order valence-corrected chi connectivity index (χ2v) is 5.00. The molecule has 17 heavy (non-hydrogen) atoms. The molecule has 0 aromatic rings. The van der Waals surface area contributed by atoms with Gasteiger partial charge in [0.2, 0.25) is 5.91 Å². The maximum atomic E-state index is 11.5. The number of carbonyl (C=O) groups excluding carboxylic acids is 1. The summed E-state index contributed by atoms with van der Waals surface area (Å²) in [5.41, 5.74) is 2.23. The molecule has 100 valence electrons. The predicted octanol–water partition coefficient (Wildman–Crippen LogP) is 0.359. The SMILES string of the molecule is COCC1CCCN(C(C)C(C)C(=O)NN)C1. The zero-order chi connectivity index (χ0) is 12.8. The monoisotopic (exact) mass is 243 g/mol. The van der Waals surface area contributed by atoms with Crippen LogP contribution in [-0.4, -0.2) is 43.7 Å². The van der Waals surface area contributed by atoms with E-state index in [1.807, 2.05) is 6.92 Å². The van der Waals surface area contributed by atoms with Crippen LogP contribution in [0.2, 0.25) is 0 Å². The van der Waals surface area contributed by atoms with Gasteiger partial charge in [0.05, 0.1) is 12.5 Å².